The Labute approximate surface area is 147 Å². The van der Waals surface area contributed by atoms with Crippen molar-refractivity contribution in [2.45, 2.75) is 122 Å². The molecular weight excluding hydrogens is 280 g/mol. The van der Waals surface area contributed by atoms with E-state index in [0.717, 1.165) is 6.42 Å². The molecule has 0 aliphatic carbocycles. The van der Waals surface area contributed by atoms with Crippen molar-refractivity contribution in [3.8, 4) is 0 Å². The molecule has 0 saturated carbocycles. The number of aliphatic hydroxyl groups excluding tert-OH is 1. The van der Waals surface area contributed by atoms with Gasteiger partial charge in [-0.3, -0.25) is 0 Å². The predicted octanol–water partition coefficient (Wildman–Crippen LogP) is 7.58. The zero-order valence-corrected chi connectivity index (χ0v) is 16.0. The maximum absolute atomic E-state index is 8.70. The van der Waals surface area contributed by atoms with Crippen molar-refractivity contribution >= 4 is 0 Å². The van der Waals surface area contributed by atoms with Gasteiger partial charge in [0.15, 0.2) is 0 Å². The molecule has 138 valence electrons. The van der Waals surface area contributed by atoms with Gasteiger partial charge in [-0.15, -0.1) is 0 Å². The molecule has 0 unspecified atom stereocenters. The molecular formula is C22H44O. The van der Waals surface area contributed by atoms with Gasteiger partial charge < -0.3 is 5.11 Å². The number of rotatable bonds is 19. The van der Waals surface area contributed by atoms with Crippen LogP contribution in [0, 0.1) is 0 Å². The molecule has 1 heteroatoms. The Morgan fingerprint density at radius 1 is 0.478 bits per heavy atom. The molecule has 0 amide bonds. The molecule has 0 rings (SSSR count). The van der Waals surface area contributed by atoms with Crippen LogP contribution in [0.3, 0.4) is 0 Å². The summed E-state index contributed by atoms with van der Waals surface area (Å²) < 4.78 is 0. The quantitative estimate of drug-likeness (QED) is 0.192. The van der Waals surface area contributed by atoms with Crippen LogP contribution in [0.2, 0.25) is 0 Å². The smallest absolute Gasteiger partial charge is 0.0431 e. The highest BCUT2D eigenvalue weighted by molar-refractivity contribution is 4.81. The van der Waals surface area contributed by atoms with E-state index in [1.54, 1.807) is 0 Å². The van der Waals surface area contributed by atoms with E-state index in [2.05, 4.69) is 19.1 Å². The number of unbranched alkanes of at least 4 members (excludes halogenated alkanes) is 16. The summed E-state index contributed by atoms with van der Waals surface area (Å²) in [5, 5.41) is 8.70. The molecule has 0 spiro atoms. The maximum Gasteiger partial charge on any atom is 0.0431 e. The van der Waals surface area contributed by atoms with Crippen molar-refractivity contribution in [3.05, 3.63) is 12.2 Å². The summed E-state index contributed by atoms with van der Waals surface area (Å²) >= 11 is 0. The SMILES string of the molecule is CCCCCCCCCC/C=C\CCCCCCCCCCO. The largest absolute Gasteiger partial charge is 0.396 e. The molecule has 0 radical (unpaired) electrons. The topological polar surface area (TPSA) is 20.2 Å². The van der Waals surface area contributed by atoms with Crippen molar-refractivity contribution in [3.63, 3.8) is 0 Å². The minimum absolute atomic E-state index is 0.366. The van der Waals surface area contributed by atoms with Crippen LogP contribution in [0.15, 0.2) is 12.2 Å². The van der Waals surface area contributed by atoms with E-state index in [1.807, 2.05) is 0 Å². The molecule has 1 N–H and O–H groups in total. The lowest BCUT2D eigenvalue weighted by Crippen LogP contribution is -1.84. The Bertz CT molecular complexity index is 222. The predicted molar refractivity (Wildman–Crippen MR) is 105 cm³/mol. The van der Waals surface area contributed by atoms with Gasteiger partial charge in [0.2, 0.25) is 0 Å². The standard InChI is InChI=1S/C22H44O/c1-2-3-4-5-6-7-8-9-10-11-12-13-14-15-16-17-18-19-20-21-22-23/h11-12,23H,2-10,13-22H2,1H3/b12-11-. The van der Waals surface area contributed by atoms with Gasteiger partial charge in [0.1, 0.15) is 0 Å². The van der Waals surface area contributed by atoms with E-state index in [4.69, 9.17) is 5.11 Å². The minimum atomic E-state index is 0.366. The minimum Gasteiger partial charge on any atom is -0.396 e. The van der Waals surface area contributed by atoms with Gasteiger partial charge in [-0.05, 0) is 32.1 Å². The van der Waals surface area contributed by atoms with Crippen LogP contribution in [0.4, 0.5) is 0 Å². The van der Waals surface area contributed by atoms with Crippen LogP contribution < -0.4 is 0 Å². The van der Waals surface area contributed by atoms with Gasteiger partial charge in [0.05, 0.1) is 0 Å². The third-order valence-electron chi connectivity index (χ3n) is 4.67. The number of hydrogen-bond donors (Lipinski definition) is 1. The fourth-order valence-corrected chi connectivity index (χ4v) is 3.07. The molecule has 0 bridgehead atoms. The van der Waals surface area contributed by atoms with Gasteiger partial charge in [-0.25, -0.2) is 0 Å². The molecule has 0 saturated heterocycles. The van der Waals surface area contributed by atoms with E-state index in [-0.39, 0.29) is 0 Å². The van der Waals surface area contributed by atoms with Gasteiger partial charge in [-0.1, -0.05) is 103 Å². The molecule has 0 atom stereocenters. The van der Waals surface area contributed by atoms with Crippen LogP contribution in [-0.4, -0.2) is 11.7 Å². The van der Waals surface area contributed by atoms with Crippen molar-refractivity contribution in [2.75, 3.05) is 6.61 Å². The maximum atomic E-state index is 8.70. The van der Waals surface area contributed by atoms with Crippen LogP contribution in [0.1, 0.15) is 122 Å². The lowest BCUT2D eigenvalue weighted by atomic mass is 10.1. The lowest BCUT2D eigenvalue weighted by molar-refractivity contribution is 0.282. The Hall–Kier alpha value is -0.300. The highest BCUT2D eigenvalue weighted by Gasteiger charge is 1.92. The van der Waals surface area contributed by atoms with Crippen LogP contribution in [0.5, 0.6) is 0 Å². The first-order chi connectivity index (χ1) is 11.4. The fourth-order valence-electron chi connectivity index (χ4n) is 3.07. The first-order valence-corrected chi connectivity index (χ1v) is 10.7. The Morgan fingerprint density at radius 3 is 1.22 bits per heavy atom. The van der Waals surface area contributed by atoms with E-state index in [1.165, 1.54) is 109 Å². The zero-order chi connectivity index (χ0) is 16.8. The second-order valence-corrected chi connectivity index (χ2v) is 7.08. The van der Waals surface area contributed by atoms with E-state index >= 15 is 0 Å². The second kappa shape index (κ2) is 21.7. The average molecular weight is 325 g/mol. The summed E-state index contributed by atoms with van der Waals surface area (Å²) in [6.07, 6.45) is 29.1. The Balaban J connectivity index is 3.03. The molecule has 0 aliphatic rings. The summed E-state index contributed by atoms with van der Waals surface area (Å²) in [7, 11) is 0. The molecule has 1 nitrogen and oxygen atoms in total. The molecule has 0 aromatic rings. The summed E-state index contributed by atoms with van der Waals surface area (Å²) in [5.41, 5.74) is 0. The Morgan fingerprint density at radius 2 is 0.826 bits per heavy atom. The monoisotopic (exact) mass is 324 g/mol. The number of allylic oxidation sites excluding steroid dienone is 2. The number of hydrogen-bond acceptors (Lipinski definition) is 1. The van der Waals surface area contributed by atoms with Crippen LogP contribution in [-0.2, 0) is 0 Å². The lowest BCUT2D eigenvalue weighted by Gasteiger charge is -2.01. The average Bonchev–Trinajstić information content (AvgIpc) is 2.57. The third kappa shape index (κ3) is 21.7. The molecule has 23 heavy (non-hydrogen) atoms. The molecule has 0 aliphatic heterocycles. The summed E-state index contributed by atoms with van der Waals surface area (Å²) in [6, 6.07) is 0. The fraction of sp³-hybridized carbons (Fsp3) is 0.909. The van der Waals surface area contributed by atoms with Gasteiger partial charge in [-0.2, -0.15) is 0 Å². The second-order valence-electron chi connectivity index (χ2n) is 7.08. The van der Waals surface area contributed by atoms with Crippen molar-refractivity contribution in [1.29, 1.82) is 0 Å². The highest BCUT2D eigenvalue weighted by Crippen LogP contribution is 2.11. The van der Waals surface area contributed by atoms with Crippen LogP contribution >= 0.6 is 0 Å². The van der Waals surface area contributed by atoms with E-state index < -0.39 is 0 Å². The first-order valence-electron chi connectivity index (χ1n) is 10.7. The number of aliphatic hydroxyl groups is 1. The van der Waals surface area contributed by atoms with E-state index in [9.17, 15) is 0 Å². The molecule has 0 heterocycles. The third-order valence-corrected chi connectivity index (χ3v) is 4.67. The van der Waals surface area contributed by atoms with Gasteiger partial charge in [0, 0.05) is 6.61 Å². The molecule has 0 aromatic carbocycles. The zero-order valence-electron chi connectivity index (χ0n) is 16.0. The Kier molecular flexibility index (Phi) is 21.4. The van der Waals surface area contributed by atoms with Crippen LogP contribution in [0.25, 0.3) is 0 Å². The summed E-state index contributed by atoms with van der Waals surface area (Å²) in [4.78, 5) is 0. The summed E-state index contributed by atoms with van der Waals surface area (Å²) in [6.45, 7) is 2.65. The van der Waals surface area contributed by atoms with Gasteiger partial charge in [0.25, 0.3) is 0 Å². The molecule has 0 aromatic heterocycles. The normalized spacial score (nSPS) is 11.6. The van der Waals surface area contributed by atoms with Crippen molar-refractivity contribution < 1.29 is 5.11 Å². The van der Waals surface area contributed by atoms with Crippen molar-refractivity contribution in [1.82, 2.24) is 0 Å². The molecule has 0 fully saturated rings. The van der Waals surface area contributed by atoms with Crippen molar-refractivity contribution in [2.24, 2.45) is 0 Å². The van der Waals surface area contributed by atoms with E-state index in [0.29, 0.717) is 6.61 Å². The summed E-state index contributed by atoms with van der Waals surface area (Å²) in [5.74, 6) is 0. The highest BCUT2D eigenvalue weighted by atomic mass is 16.2. The van der Waals surface area contributed by atoms with Gasteiger partial charge >= 0.3 is 0 Å². The first kappa shape index (κ1) is 22.7.